The van der Waals surface area contributed by atoms with Crippen LogP contribution >= 0.6 is 55.8 Å². The van der Waals surface area contributed by atoms with Crippen LogP contribution in [0.25, 0.3) is 6.08 Å². The maximum atomic E-state index is 13.3. The average molecular weight is 645 g/mol. The number of hydrogen-bond donors (Lipinski definition) is 0. The quantitative estimate of drug-likeness (QED) is 0.133. The van der Waals surface area contributed by atoms with Crippen LogP contribution in [0.1, 0.15) is 23.6 Å². The molecule has 1 heterocycles. The number of rotatable bonds is 9. The molecule has 0 unspecified atom stereocenters. The average Bonchev–Trinajstić information content (AvgIpc) is 3.12. The highest BCUT2D eigenvalue weighted by molar-refractivity contribution is 9.10. The standard InChI is InChI=1S/C28H23Br2NO3S2/c1-3-6-20-13-19(14-24(33-4-2)26(20)34-17-18-9-11-21(29)12-10-18)15-25-27(32)31(28(35)36-25)23-8-5-7-22(30)16-23/h3,5,7-16H,1,4,6,17H2,2H3/b25-15-. The lowest BCUT2D eigenvalue weighted by molar-refractivity contribution is -0.113. The Labute approximate surface area is 237 Å². The van der Waals surface area contributed by atoms with Gasteiger partial charge < -0.3 is 9.47 Å². The van der Waals surface area contributed by atoms with E-state index in [9.17, 15) is 4.79 Å². The number of allylic oxidation sites excluding steroid dienone is 1. The first-order chi connectivity index (χ1) is 17.4. The molecule has 0 atom stereocenters. The Kier molecular flexibility index (Phi) is 9.06. The summed E-state index contributed by atoms with van der Waals surface area (Å²) in [4.78, 5) is 15.4. The number of thiocarbonyl (C=S) groups is 1. The van der Waals surface area contributed by atoms with Crippen molar-refractivity contribution in [2.45, 2.75) is 20.0 Å². The summed E-state index contributed by atoms with van der Waals surface area (Å²) >= 11 is 13.7. The van der Waals surface area contributed by atoms with Crippen molar-refractivity contribution >= 4 is 77.8 Å². The molecule has 1 saturated heterocycles. The molecule has 0 aromatic heterocycles. The van der Waals surface area contributed by atoms with Crippen LogP contribution in [0.2, 0.25) is 0 Å². The molecule has 4 nitrogen and oxygen atoms in total. The Morgan fingerprint density at radius 2 is 1.83 bits per heavy atom. The third-order valence-electron chi connectivity index (χ3n) is 5.27. The van der Waals surface area contributed by atoms with Gasteiger partial charge in [0.1, 0.15) is 6.61 Å². The highest BCUT2D eigenvalue weighted by atomic mass is 79.9. The number of amides is 1. The minimum atomic E-state index is -0.151. The molecule has 1 amide bonds. The van der Waals surface area contributed by atoms with E-state index >= 15 is 0 Å². The summed E-state index contributed by atoms with van der Waals surface area (Å²) in [5.41, 5.74) is 3.54. The Morgan fingerprint density at radius 3 is 2.53 bits per heavy atom. The van der Waals surface area contributed by atoms with Crippen LogP contribution in [0.4, 0.5) is 5.69 Å². The van der Waals surface area contributed by atoms with Crippen molar-refractivity contribution in [1.29, 1.82) is 0 Å². The van der Waals surface area contributed by atoms with Crippen molar-refractivity contribution in [3.8, 4) is 11.5 Å². The third kappa shape index (κ3) is 6.29. The lowest BCUT2D eigenvalue weighted by Crippen LogP contribution is -2.27. The summed E-state index contributed by atoms with van der Waals surface area (Å²) in [6.45, 7) is 6.72. The fraction of sp³-hybridized carbons (Fsp3) is 0.143. The first kappa shape index (κ1) is 26.7. The molecule has 0 spiro atoms. The molecular formula is C28H23Br2NO3S2. The van der Waals surface area contributed by atoms with E-state index in [1.165, 1.54) is 11.8 Å². The summed E-state index contributed by atoms with van der Waals surface area (Å²) in [5.74, 6) is 1.16. The molecule has 3 aromatic rings. The summed E-state index contributed by atoms with van der Waals surface area (Å²) < 4.78 is 14.6. The predicted octanol–water partition coefficient (Wildman–Crippen LogP) is 8.32. The molecule has 0 bridgehead atoms. The fourth-order valence-corrected chi connectivity index (χ4v) is 5.64. The Morgan fingerprint density at radius 1 is 1.06 bits per heavy atom. The Balaban J connectivity index is 1.66. The number of halogens is 2. The van der Waals surface area contributed by atoms with E-state index in [4.69, 9.17) is 21.7 Å². The molecule has 0 radical (unpaired) electrons. The molecule has 4 rings (SSSR count). The zero-order valence-corrected chi connectivity index (χ0v) is 24.3. The topological polar surface area (TPSA) is 38.8 Å². The predicted molar refractivity (Wildman–Crippen MR) is 160 cm³/mol. The van der Waals surface area contributed by atoms with Crippen molar-refractivity contribution in [2.24, 2.45) is 0 Å². The van der Waals surface area contributed by atoms with Gasteiger partial charge in [0.05, 0.1) is 17.2 Å². The third-order valence-corrected chi connectivity index (χ3v) is 7.60. The molecule has 1 aliphatic rings. The molecule has 3 aromatic carbocycles. The maximum Gasteiger partial charge on any atom is 0.270 e. The van der Waals surface area contributed by atoms with Crippen LogP contribution in [0.3, 0.4) is 0 Å². The van der Waals surface area contributed by atoms with Gasteiger partial charge in [0, 0.05) is 14.5 Å². The van der Waals surface area contributed by atoms with Crippen LogP contribution in [-0.2, 0) is 17.8 Å². The van der Waals surface area contributed by atoms with E-state index < -0.39 is 0 Å². The lowest BCUT2D eigenvalue weighted by Gasteiger charge is -2.17. The van der Waals surface area contributed by atoms with Crippen LogP contribution in [0.5, 0.6) is 11.5 Å². The molecular weight excluding hydrogens is 622 g/mol. The Hall–Kier alpha value is -2.39. The normalized spacial score (nSPS) is 14.4. The van der Waals surface area contributed by atoms with Gasteiger partial charge in [-0.25, -0.2) is 0 Å². The first-order valence-corrected chi connectivity index (χ1v) is 14.0. The van der Waals surface area contributed by atoms with Gasteiger partial charge >= 0.3 is 0 Å². The lowest BCUT2D eigenvalue weighted by atomic mass is 10.0. The number of hydrogen-bond acceptors (Lipinski definition) is 5. The maximum absolute atomic E-state index is 13.3. The SMILES string of the molecule is C=CCc1cc(/C=C2\SC(=S)N(c3cccc(Br)c3)C2=O)cc(OCC)c1OCc1ccc(Br)cc1. The molecule has 0 saturated carbocycles. The van der Waals surface area contributed by atoms with E-state index in [2.05, 4.69) is 38.4 Å². The van der Waals surface area contributed by atoms with Crippen LogP contribution in [0, 0.1) is 0 Å². The summed E-state index contributed by atoms with van der Waals surface area (Å²) in [6.07, 6.45) is 4.27. The molecule has 1 fully saturated rings. The minimum Gasteiger partial charge on any atom is -0.490 e. The number of carbonyl (C=O) groups is 1. The second kappa shape index (κ2) is 12.2. The summed E-state index contributed by atoms with van der Waals surface area (Å²) in [7, 11) is 0. The van der Waals surface area contributed by atoms with E-state index in [-0.39, 0.29) is 5.91 Å². The van der Waals surface area contributed by atoms with Crippen molar-refractivity contribution in [3.63, 3.8) is 0 Å². The smallest absolute Gasteiger partial charge is 0.270 e. The number of thioether (sulfide) groups is 1. The van der Waals surface area contributed by atoms with Gasteiger partial charge in [-0.1, -0.05) is 80.1 Å². The second-order valence-corrected chi connectivity index (χ2v) is 11.4. The number of nitrogens with zero attached hydrogens (tertiary/aromatic N) is 1. The van der Waals surface area contributed by atoms with Gasteiger partial charge in [0.2, 0.25) is 0 Å². The van der Waals surface area contributed by atoms with Gasteiger partial charge in [0.25, 0.3) is 5.91 Å². The summed E-state index contributed by atoms with van der Waals surface area (Å²) in [6, 6.07) is 19.4. The molecule has 184 valence electrons. The Bertz CT molecular complexity index is 1340. The number of anilines is 1. The molecule has 0 aliphatic carbocycles. The number of carbonyl (C=O) groups excluding carboxylic acids is 1. The van der Waals surface area contributed by atoms with Crippen molar-refractivity contribution < 1.29 is 14.3 Å². The summed E-state index contributed by atoms with van der Waals surface area (Å²) in [5, 5.41) is 0. The van der Waals surface area contributed by atoms with Gasteiger partial charge in [-0.05, 0) is 73.0 Å². The van der Waals surface area contributed by atoms with Gasteiger partial charge in [0.15, 0.2) is 15.8 Å². The van der Waals surface area contributed by atoms with Crippen molar-refractivity contribution in [3.05, 3.63) is 104 Å². The highest BCUT2D eigenvalue weighted by Gasteiger charge is 2.33. The van der Waals surface area contributed by atoms with E-state index in [1.54, 1.807) is 4.90 Å². The van der Waals surface area contributed by atoms with Crippen LogP contribution in [-0.4, -0.2) is 16.8 Å². The largest absolute Gasteiger partial charge is 0.490 e. The first-order valence-electron chi connectivity index (χ1n) is 11.2. The number of benzene rings is 3. The van der Waals surface area contributed by atoms with E-state index in [0.717, 1.165) is 31.3 Å². The van der Waals surface area contributed by atoms with Crippen LogP contribution in [0.15, 0.2) is 87.2 Å². The number of ether oxygens (including phenoxy) is 2. The monoisotopic (exact) mass is 643 g/mol. The van der Waals surface area contributed by atoms with Gasteiger partial charge in [-0.2, -0.15) is 0 Å². The highest BCUT2D eigenvalue weighted by Crippen LogP contribution is 2.39. The molecule has 0 N–H and O–H groups in total. The molecule has 1 aliphatic heterocycles. The van der Waals surface area contributed by atoms with Gasteiger partial charge in [-0.3, -0.25) is 9.69 Å². The van der Waals surface area contributed by atoms with E-state index in [0.29, 0.717) is 40.4 Å². The van der Waals surface area contributed by atoms with Gasteiger partial charge in [-0.15, -0.1) is 6.58 Å². The van der Waals surface area contributed by atoms with Crippen molar-refractivity contribution in [2.75, 3.05) is 11.5 Å². The fourth-order valence-electron chi connectivity index (χ4n) is 3.69. The second-order valence-electron chi connectivity index (χ2n) is 7.85. The zero-order chi connectivity index (χ0) is 25.7. The van der Waals surface area contributed by atoms with Crippen LogP contribution < -0.4 is 14.4 Å². The molecule has 36 heavy (non-hydrogen) atoms. The zero-order valence-electron chi connectivity index (χ0n) is 19.5. The van der Waals surface area contributed by atoms with E-state index in [1.807, 2.05) is 79.7 Å². The molecule has 8 heteroatoms. The minimum absolute atomic E-state index is 0.151. The van der Waals surface area contributed by atoms with Crippen molar-refractivity contribution in [1.82, 2.24) is 0 Å².